The van der Waals surface area contributed by atoms with Gasteiger partial charge in [0, 0.05) is 22.7 Å². The molecule has 4 aromatic rings. The standard InChI is InChI=1S/C23H23NO5S/c1-16-9-11-18(12-10-16)30(26,27)29-14-13-17(25)15-28-22-8-4-7-21-23(22)19-5-2-3-6-20(19)24-21/h2-12,17,24-25H,13-15H2,1H3. The first-order chi connectivity index (χ1) is 14.4. The molecule has 156 valence electrons. The number of aliphatic hydroxyl groups is 1. The van der Waals surface area contributed by atoms with E-state index >= 15 is 0 Å². The van der Waals surface area contributed by atoms with Crippen molar-refractivity contribution >= 4 is 31.9 Å². The average Bonchev–Trinajstić information content (AvgIpc) is 3.11. The van der Waals surface area contributed by atoms with E-state index in [-0.39, 0.29) is 24.5 Å². The fourth-order valence-corrected chi connectivity index (χ4v) is 4.25. The fourth-order valence-electron chi connectivity index (χ4n) is 3.32. The van der Waals surface area contributed by atoms with Gasteiger partial charge in [0.1, 0.15) is 12.4 Å². The van der Waals surface area contributed by atoms with Gasteiger partial charge in [-0.25, -0.2) is 0 Å². The van der Waals surface area contributed by atoms with Crippen LogP contribution in [0.1, 0.15) is 12.0 Å². The van der Waals surface area contributed by atoms with Crippen LogP contribution >= 0.6 is 0 Å². The van der Waals surface area contributed by atoms with Gasteiger partial charge in [-0.15, -0.1) is 0 Å². The third kappa shape index (κ3) is 4.33. The van der Waals surface area contributed by atoms with Crippen molar-refractivity contribution < 1.29 is 22.4 Å². The summed E-state index contributed by atoms with van der Waals surface area (Å²) in [6.45, 7) is 1.79. The molecule has 0 saturated heterocycles. The zero-order valence-corrected chi connectivity index (χ0v) is 17.4. The lowest BCUT2D eigenvalue weighted by Gasteiger charge is -2.13. The number of aromatic amines is 1. The van der Waals surface area contributed by atoms with Crippen LogP contribution in [-0.4, -0.2) is 37.8 Å². The summed E-state index contributed by atoms with van der Waals surface area (Å²) in [4.78, 5) is 3.45. The summed E-state index contributed by atoms with van der Waals surface area (Å²) in [6.07, 6.45) is -0.728. The normalized spacial score (nSPS) is 13.0. The minimum Gasteiger partial charge on any atom is -0.490 e. The first kappa shape index (κ1) is 20.4. The second kappa shape index (κ2) is 8.47. The van der Waals surface area contributed by atoms with Crippen molar-refractivity contribution in [3.05, 3.63) is 72.3 Å². The van der Waals surface area contributed by atoms with Gasteiger partial charge in [0.2, 0.25) is 0 Å². The third-order valence-corrected chi connectivity index (χ3v) is 6.25. The zero-order valence-electron chi connectivity index (χ0n) is 16.5. The van der Waals surface area contributed by atoms with Crippen molar-refractivity contribution in [2.24, 2.45) is 0 Å². The third-order valence-electron chi connectivity index (χ3n) is 4.92. The number of benzene rings is 3. The van der Waals surface area contributed by atoms with E-state index in [2.05, 4.69) is 4.98 Å². The minimum atomic E-state index is -3.84. The summed E-state index contributed by atoms with van der Waals surface area (Å²) < 4.78 is 35.3. The number of nitrogens with one attached hydrogen (secondary N) is 1. The lowest BCUT2D eigenvalue weighted by atomic mass is 10.1. The number of hydrogen-bond donors (Lipinski definition) is 2. The Hall–Kier alpha value is -2.87. The molecule has 30 heavy (non-hydrogen) atoms. The second-order valence-corrected chi connectivity index (χ2v) is 8.81. The van der Waals surface area contributed by atoms with E-state index in [1.807, 2.05) is 49.4 Å². The van der Waals surface area contributed by atoms with E-state index < -0.39 is 16.2 Å². The van der Waals surface area contributed by atoms with Crippen molar-refractivity contribution in [1.82, 2.24) is 4.98 Å². The van der Waals surface area contributed by atoms with E-state index in [4.69, 9.17) is 8.92 Å². The SMILES string of the molecule is Cc1ccc(S(=O)(=O)OCCC(O)COc2cccc3[nH]c4ccccc4c23)cc1. The zero-order chi connectivity index (χ0) is 21.1. The molecule has 0 fully saturated rings. The molecule has 0 bridgehead atoms. The van der Waals surface area contributed by atoms with Crippen LogP contribution < -0.4 is 4.74 Å². The molecule has 1 unspecified atom stereocenters. The van der Waals surface area contributed by atoms with Gasteiger partial charge in [-0.05, 0) is 37.3 Å². The number of aryl methyl sites for hydroxylation is 1. The molecular weight excluding hydrogens is 402 g/mol. The van der Waals surface area contributed by atoms with Gasteiger partial charge in [-0.3, -0.25) is 4.18 Å². The topological polar surface area (TPSA) is 88.6 Å². The van der Waals surface area contributed by atoms with E-state index in [1.165, 1.54) is 12.1 Å². The lowest BCUT2D eigenvalue weighted by Crippen LogP contribution is -2.20. The smallest absolute Gasteiger partial charge is 0.296 e. The highest BCUT2D eigenvalue weighted by Crippen LogP contribution is 2.33. The van der Waals surface area contributed by atoms with Crippen LogP contribution in [0.25, 0.3) is 21.8 Å². The van der Waals surface area contributed by atoms with Crippen molar-refractivity contribution in [2.45, 2.75) is 24.3 Å². The van der Waals surface area contributed by atoms with Crippen LogP contribution in [0.4, 0.5) is 0 Å². The highest BCUT2D eigenvalue weighted by molar-refractivity contribution is 7.86. The molecule has 0 aliphatic heterocycles. The molecule has 4 rings (SSSR count). The van der Waals surface area contributed by atoms with Gasteiger partial charge in [0.05, 0.1) is 23.1 Å². The molecule has 1 atom stereocenters. The van der Waals surface area contributed by atoms with Crippen LogP contribution in [0.2, 0.25) is 0 Å². The van der Waals surface area contributed by atoms with Gasteiger partial charge in [0.25, 0.3) is 10.1 Å². The molecule has 0 amide bonds. The Kier molecular flexibility index (Phi) is 5.76. The predicted octanol–water partition coefficient (Wildman–Crippen LogP) is 4.16. The van der Waals surface area contributed by atoms with E-state index in [1.54, 1.807) is 12.1 Å². The van der Waals surface area contributed by atoms with Crippen LogP contribution in [0, 0.1) is 6.92 Å². The van der Waals surface area contributed by atoms with Crippen LogP contribution in [0.5, 0.6) is 5.75 Å². The van der Waals surface area contributed by atoms with E-state index in [9.17, 15) is 13.5 Å². The fraction of sp³-hybridized carbons (Fsp3) is 0.217. The molecule has 6 nitrogen and oxygen atoms in total. The predicted molar refractivity (Wildman–Crippen MR) is 116 cm³/mol. The molecule has 0 saturated carbocycles. The van der Waals surface area contributed by atoms with Gasteiger partial charge in [-0.2, -0.15) is 8.42 Å². The second-order valence-electron chi connectivity index (χ2n) is 7.19. The maximum atomic E-state index is 12.2. The highest BCUT2D eigenvalue weighted by atomic mass is 32.2. The Labute approximate surface area is 175 Å². The van der Waals surface area contributed by atoms with Gasteiger partial charge < -0.3 is 14.8 Å². The van der Waals surface area contributed by atoms with Crippen molar-refractivity contribution in [2.75, 3.05) is 13.2 Å². The van der Waals surface area contributed by atoms with Gasteiger partial charge in [0.15, 0.2) is 0 Å². The summed E-state index contributed by atoms with van der Waals surface area (Å²) in [6, 6.07) is 20.1. The molecule has 2 N–H and O–H groups in total. The van der Waals surface area contributed by atoms with E-state index in [0.29, 0.717) is 5.75 Å². The van der Waals surface area contributed by atoms with Crippen molar-refractivity contribution in [3.63, 3.8) is 0 Å². The lowest BCUT2D eigenvalue weighted by molar-refractivity contribution is 0.0874. The molecule has 0 aliphatic rings. The summed E-state index contributed by atoms with van der Waals surface area (Å²) >= 11 is 0. The van der Waals surface area contributed by atoms with Crippen molar-refractivity contribution in [1.29, 1.82) is 0 Å². The molecule has 1 aromatic heterocycles. The molecule has 1 heterocycles. The Balaban J connectivity index is 1.36. The first-order valence-corrected chi connectivity index (χ1v) is 11.1. The Morgan fingerprint density at radius 2 is 1.70 bits per heavy atom. The monoisotopic (exact) mass is 425 g/mol. The molecule has 0 spiro atoms. The summed E-state index contributed by atoms with van der Waals surface area (Å²) in [7, 11) is -3.84. The molecule has 0 radical (unpaired) electrons. The number of H-pyrrole nitrogens is 1. The quantitative estimate of drug-likeness (QED) is 0.414. The van der Waals surface area contributed by atoms with Crippen LogP contribution in [0.15, 0.2) is 71.6 Å². The van der Waals surface area contributed by atoms with Crippen LogP contribution in [-0.2, 0) is 14.3 Å². The summed E-state index contributed by atoms with van der Waals surface area (Å²) in [5.41, 5.74) is 2.93. The number of aromatic nitrogens is 1. The largest absolute Gasteiger partial charge is 0.490 e. The number of ether oxygens (including phenoxy) is 1. The molecule has 7 heteroatoms. The van der Waals surface area contributed by atoms with Crippen molar-refractivity contribution in [3.8, 4) is 5.75 Å². The Morgan fingerprint density at radius 1 is 0.967 bits per heavy atom. The number of fused-ring (bicyclic) bond motifs is 3. The molecular formula is C23H23NO5S. The maximum absolute atomic E-state index is 12.2. The minimum absolute atomic E-state index is 0.0343. The highest BCUT2D eigenvalue weighted by Gasteiger charge is 2.16. The van der Waals surface area contributed by atoms with Gasteiger partial charge >= 0.3 is 0 Å². The Bertz CT molecular complexity index is 1260. The summed E-state index contributed by atoms with van der Waals surface area (Å²) in [5.74, 6) is 0.664. The number of aliphatic hydroxyl groups excluding tert-OH is 1. The molecule has 3 aromatic carbocycles. The molecule has 0 aliphatic carbocycles. The average molecular weight is 426 g/mol. The number of para-hydroxylation sites is 1. The van der Waals surface area contributed by atoms with Gasteiger partial charge in [-0.1, -0.05) is 42.0 Å². The maximum Gasteiger partial charge on any atom is 0.296 e. The Morgan fingerprint density at radius 3 is 2.50 bits per heavy atom. The first-order valence-electron chi connectivity index (χ1n) is 9.70. The van der Waals surface area contributed by atoms with Crippen LogP contribution in [0.3, 0.4) is 0 Å². The number of rotatable bonds is 8. The summed E-state index contributed by atoms with van der Waals surface area (Å²) in [5, 5.41) is 12.2. The van der Waals surface area contributed by atoms with E-state index in [0.717, 1.165) is 27.4 Å². The number of hydrogen-bond acceptors (Lipinski definition) is 5.